The van der Waals surface area contributed by atoms with E-state index in [0.29, 0.717) is 25.2 Å². The minimum atomic E-state index is -0.687. The molecule has 0 aromatic heterocycles. The molecular formula is C35H43N3O6. The molecule has 5 rings (SSSR count). The first kappa shape index (κ1) is 31.7. The van der Waals surface area contributed by atoms with E-state index in [9.17, 15) is 14.7 Å². The van der Waals surface area contributed by atoms with Crippen molar-refractivity contribution >= 4 is 17.7 Å². The number of likely N-dealkylation sites (tertiary alicyclic amines) is 1. The van der Waals surface area contributed by atoms with E-state index in [1.165, 1.54) is 0 Å². The van der Waals surface area contributed by atoms with Gasteiger partial charge < -0.3 is 30.0 Å². The molecule has 3 aromatic rings. The van der Waals surface area contributed by atoms with Crippen molar-refractivity contribution in [2.24, 2.45) is 0 Å². The van der Waals surface area contributed by atoms with Gasteiger partial charge in [-0.15, -0.1) is 0 Å². The highest BCUT2D eigenvalue weighted by molar-refractivity contribution is 5.89. The molecule has 234 valence electrons. The van der Waals surface area contributed by atoms with Gasteiger partial charge >= 0.3 is 12.0 Å². The summed E-state index contributed by atoms with van der Waals surface area (Å²) in [5, 5.41) is 15.3. The zero-order valence-corrected chi connectivity index (χ0v) is 25.7. The standard InChI is InChI=1S/C35H43N3O6/c1-35(2,3)44-32(40)30-13-8-18-38(30)22-29-20-31(26-16-14-25(23-39)15-17-26)43-33(42-29)27-11-7-12-28(19-27)37-34(41)36-21-24-9-5-4-6-10-24/h4-7,9-12,14-17,19,29-31,33,39H,8,13,18,20-23H2,1-3H3,(H2,36,37,41)/t29-,30-,31+,33+/m0/s1. The maximum absolute atomic E-state index is 13.0. The van der Waals surface area contributed by atoms with Crippen LogP contribution >= 0.6 is 0 Å². The van der Waals surface area contributed by atoms with Gasteiger partial charge in [-0.3, -0.25) is 9.69 Å². The zero-order valence-electron chi connectivity index (χ0n) is 25.7. The van der Waals surface area contributed by atoms with Crippen LogP contribution in [0, 0.1) is 0 Å². The fourth-order valence-corrected chi connectivity index (χ4v) is 5.69. The second-order valence-electron chi connectivity index (χ2n) is 12.5. The first-order chi connectivity index (χ1) is 21.2. The number of carbonyl (C=O) groups excluding carboxylic acids is 2. The molecule has 3 aromatic carbocycles. The number of rotatable bonds is 9. The number of amides is 2. The fourth-order valence-electron chi connectivity index (χ4n) is 5.69. The van der Waals surface area contributed by atoms with Crippen LogP contribution in [-0.4, -0.2) is 52.8 Å². The number of hydrogen-bond acceptors (Lipinski definition) is 7. The summed E-state index contributed by atoms with van der Waals surface area (Å²) in [6.45, 7) is 7.41. The van der Waals surface area contributed by atoms with Crippen LogP contribution in [0.25, 0.3) is 0 Å². The van der Waals surface area contributed by atoms with Crippen LogP contribution in [-0.2, 0) is 32.2 Å². The summed E-state index contributed by atoms with van der Waals surface area (Å²) in [7, 11) is 0. The highest BCUT2D eigenvalue weighted by atomic mass is 16.7. The van der Waals surface area contributed by atoms with Gasteiger partial charge in [-0.2, -0.15) is 0 Å². The van der Waals surface area contributed by atoms with Crippen molar-refractivity contribution in [1.82, 2.24) is 10.2 Å². The molecule has 2 heterocycles. The number of carbonyl (C=O) groups is 2. The number of aliphatic hydroxyl groups excluding tert-OH is 1. The molecule has 0 unspecified atom stereocenters. The molecular weight excluding hydrogens is 558 g/mol. The second kappa shape index (κ2) is 14.3. The number of urea groups is 1. The molecule has 4 atom stereocenters. The van der Waals surface area contributed by atoms with Crippen molar-refractivity contribution in [3.63, 3.8) is 0 Å². The molecule has 2 aliphatic heterocycles. The van der Waals surface area contributed by atoms with E-state index in [1.54, 1.807) is 0 Å². The third-order valence-corrected chi connectivity index (χ3v) is 7.81. The maximum Gasteiger partial charge on any atom is 0.323 e. The van der Waals surface area contributed by atoms with Crippen molar-refractivity contribution in [3.05, 3.63) is 101 Å². The van der Waals surface area contributed by atoms with Gasteiger partial charge in [0.1, 0.15) is 11.6 Å². The molecule has 44 heavy (non-hydrogen) atoms. The Balaban J connectivity index is 1.30. The topological polar surface area (TPSA) is 109 Å². The Morgan fingerprint density at radius 3 is 2.45 bits per heavy atom. The maximum atomic E-state index is 13.0. The van der Waals surface area contributed by atoms with Gasteiger partial charge in [-0.05, 0) is 69.0 Å². The molecule has 2 fully saturated rings. The van der Waals surface area contributed by atoms with Crippen LogP contribution in [0.15, 0.2) is 78.9 Å². The van der Waals surface area contributed by atoms with Crippen LogP contribution in [0.5, 0.6) is 0 Å². The van der Waals surface area contributed by atoms with Crippen LogP contribution in [0.1, 0.15) is 74.7 Å². The van der Waals surface area contributed by atoms with Gasteiger partial charge in [0.2, 0.25) is 0 Å². The fraction of sp³-hybridized carbons (Fsp3) is 0.429. The summed E-state index contributed by atoms with van der Waals surface area (Å²) in [6.07, 6.45) is 1.11. The molecule has 9 heteroatoms. The van der Waals surface area contributed by atoms with Crippen LogP contribution < -0.4 is 10.6 Å². The van der Waals surface area contributed by atoms with E-state index in [0.717, 1.165) is 41.6 Å². The minimum Gasteiger partial charge on any atom is -0.459 e. The molecule has 0 bridgehead atoms. The molecule has 0 aliphatic carbocycles. The lowest BCUT2D eigenvalue weighted by Crippen LogP contribution is -2.45. The van der Waals surface area contributed by atoms with E-state index in [2.05, 4.69) is 15.5 Å². The van der Waals surface area contributed by atoms with Crippen molar-refractivity contribution in [1.29, 1.82) is 0 Å². The Hall–Kier alpha value is -3.76. The van der Waals surface area contributed by atoms with Gasteiger partial charge in [0.25, 0.3) is 0 Å². The minimum absolute atomic E-state index is 0.0279. The SMILES string of the molecule is CC(C)(C)OC(=O)[C@@H]1CCCN1C[C@@H]1C[C@H](c2ccc(CO)cc2)O[C@H](c2cccc(NC(=O)NCc3ccccc3)c2)O1. The quantitative estimate of drug-likeness (QED) is 0.264. The monoisotopic (exact) mass is 601 g/mol. The first-order valence-corrected chi connectivity index (χ1v) is 15.3. The van der Waals surface area contributed by atoms with Crippen molar-refractivity contribution < 1.29 is 28.9 Å². The third kappa shape index (κ3) is 8.66. The predicted octanol–water partition coefficient (Wildman–Crippen LogP) is 5.85. The molecule has 2 saturated heterocycles. The lowest BCUT2D eigenvalue weighted by atomic mass is 9.99. The Bertz CT molecular complexity index is 1390. The van der Waals surface area contributed by atoms with E-state index in [1.807, 2.05) is 99.6 Å². The van der Waals surface area contributed by atoms with Crippen LogP contribution in [0.4, 0.5) is 10.5 Å². The van der Waals surface area contributed by atoms with Gasteiger partial charge in [0, 0.05) is 30.8 Å². The van der Waals surface area contributed by atoms with Gasteiger partial charge in [-0.1, -0.05) is 66.7 Å². The zero-order chi connectivity index (χ0) is 31.1. The second-order valence-corrected chi connectivity index (χ2v) is 12.5. The average molecular weight is 602 g/mol. The van der Waals surface area contributed by atoms with Crippen molar-refractivity contribution in [2.45, 2.75) is 83.3 Å². The number of esters is 1. The number of nitrogens with one attached hydrogen (secondary N) is 2. The van der Waals surface area contributed by atoms with Gasteiger partial charge in [0.15, 0.2) is 6.29 Å². The molecule has 0 saturated carbocycles. The number of benzene rings is 3. The molecule has 0 radical (unpaired) electrons. The summed E-state index contributed by atoms with van der Waals surface area (Å²) in [6, 6.07) is 24.3. The summed E-state index contributed by atoms with van der Waals surface area (Å²) in [5.74, 6) is -0.195. The summed E-state index contributed by atoms with van der Waals surface area (Å²) in [5.41, 5.74) is 3.68. The van der Waals surface area contributed by atoms with Crippen LogP contribution in [0.2, 0.25) is 0 Å². The Labute approximate surface area is 259 Å². The Morgan fingerprint density at radius 2 is 1.73 bits per heavy atom. The van der Waals surface area contributed by atoms with Crippen molar-refractivity contribution in [3.8, 4) is 0 Å². The van der Waals surface area contributed by atoms with E-state index >= 15 is 0 Å². The number of hydrogen-bond donors (Lipinski definition) is 3. The summed E-state index contributed by atoms with van der Waals surface area (Å²) in [4.78, 5) is 27.8. The normalized spacial score (nSPS) is 22.4. The van der Waals surface area contributed by atoms with Crippen LogP contribution in [0.3, 0.4) is 0 Å². The highest BCUT2D eigenvalue weighted by Crippen LogP contribution is 2.39. The Morgan fingerprint density at radius 1 is 0.955 bits per heavy atom. The highest BCUT2D eigenvalue weighted by Gasteiger charge is 2.39. The molecule has 2 amide bonds. The van der Waals surface area contributed by atoms with E-state index < -0.39 is 11.9 Å². The van der Waals surface area contributed by atoms with Crippen molar-refractivity contribution in [2.75, 3.05) is 18.4 Å². The molecule has 2 aliphatic rings. The van der Waals surface area contributed by atoms with E-state index in [4.69, 9.17) is 14.2 Å². The number of ether oxygens (including phenoxy) is 3. The molecule has 3 N–H and O–H groups in total. The predicted molar refractivity (Wildman–Crippen MR) is 168 cm³/mol. The largest absolute Gasteiger partial charge is 0.459 e. The van der Waals surface area contributed by atoms with Gasteiger partial charge in [-0.25, -0.2) is 4.79 Å². The first-order valence-electron chi connectivity index (χ1n) is 15.3. The summed E-state index contributed by atoms with van der Waals surface area (Å²) < 4.78 is 18.8. The Kier molecular flexibility index (Phi) is 10.3. The molecule has 9 nitrogen and oxygen atoms in total. The molecule has 0 spiro atoms. The number of aliphatic hydroxyl groups is 1. The lowest BCUT2D eigenvalue weighted by Gasteiger charge is -2.38. The van der Waals surface area contributed by atoms with Gasteiger partial charge in [0.05, 0.1) is 18.8 Å². The van der Waals surface area contributed by atoms with E-state index in [-0.39, 0.29) is 36.9 Å². The third-order valence-electron chi connectivity index (χ3n) is 7.81. The lowest BCUT2D eigenvalue weighted by molar-refractivity contribution is -0.253. The number of anilines is 1. The number of nitrogens with zero attached hydrogens (tertiary/aromatic N) is 1. The average Bonchev–Trinajstić information content (AvgIpc) is 3.48. The smallest absolute Gasteiger partial charge is 0.323 e. The summed E-state index contributed by atoms with van der Waals surface area (Å²) >= 11 is 0.